The summed E-state index contributed by atoms with van der Waals surface area (Å²) in [6, 6.07) is 9.95. The molecule has 7 nitrogen and oxygen atoms in total. The molecule has 2 fully saturated rings. The molecule has 0 spiro atoms. The van der Waals surface area contributed by atoms with Crippen LogP contribution in [0.5, 0.6) is 0 Å². The molecule has 1 atom stereocenters. The van der Waals surface area contributed by atoms with Gasteiger partial charge in [-0.2, -0.15) is 0 Å². The topological polar surface area (TPSA) is 69.9 Å². The molecule has 0 N–H and O–H groups in total. The third-order valence-electron chi connectivity index (χ3n) is 6.35. The van der Waals surface area contributed by atoms with E-state index in [4.69, 9.17) is 4.42 Å². The molecule has 0 bridgehead atoms. The number of aromatic nitrogens is 1. The number of nitrogens with zero attached hydrogens (tertiary/aromatic N) is 4. The molecule has 0 aromatic carbocycles. The van der Waals surface area contributed by atoms with Gasteiger partial charge in [0.05, 0.1) is 18.7 Å². The first-order chi connectivity index (χ1) is 14.6. The zero-order valence-electron chi connectivity index (χ0n) is 17.6. The van der Waals surface area contributed by atoms with E-state index in [1.54, 1.807) is 11.2 Å². The van der Waals surface area contributed by atoms with Gasteiger partial charge in [0.2, 0.25) is 11.8 Å². The van der Waals surface area contributed by atoms with E-state index >= 15 is 0 Å². The van der Waals surface area contributed by atoms with Crippen LogP contribution in [0.3, 0.4) is 0 Å². The summed E-state index contributed by atoms with van der Waals surface area (Å²) in [6.45, 7) is 3.90. The molecule has 160 valence electrons. The minimum absolute atomic E-state index is 0.0301. The molecule has 7 heteroatoms. The van der Waals surface area contributed by atoms with E-state index in [1.165, 1.54) is 0 Å². The maximum atomic E-state index is 13.0. The molecule has 0 radical (unpaired) electrons. The van der Waals surface area contributed by atoms with Crippen molar-refractivity contribution in [2.75, 3.05) is 33.2 Å². The second kappa shape index (κ2) is 9.43. The molecule has 0 aliphatic carbocycles. The van der Waals surface area contributed by atoms with E-state index in [2.05, 4.69) is 16.0 Å². The van der Waals surface area contributed by atoms with Crippen molar-refractivity contribution in [2.24, 2.45) is 5.92 Å². The van der Waals surface area contributed by atoms with Crippen LogP contribution >= 0.6 is 0 Å². The largest absolute Gasteiger partial charge is 0.467 e. The van der Waals surface area contributed by atoms with Crippen LogP contribution in [-0.4, -0.2) is 70.8 Å². The quantitative estimate of drug-likeness (QED) is 0.700. The third-order valence-corrected chi connectivity index (χ3v) is 6.35. The number of furan rings is 1. The lowest BCUT2D eigenvalue weighted by atomic mass is 10.00. The zero-order chi connectivity index (χ0) is 20.9. The van der Waals surface area contributed by atoms with E-state index in [0.717, 1.165) is 50.4 Å². The van der Waals surface area contributed by atoms with Crippen molar-refractivity contribution in [3.8, 4) is 0 Å². The van der Waals surface area contributed by atoms with Crippen LogP contribution in [0.15, 0.2) is 47.2 Å². The molecule has 0 saturated carbocycles. The standard InChI is InChI=1S/C23H30N4O3/c1-25(20-8-12-26(13-9-20)11-7-19-5-2-3-10-24-19)23(29)18-15-22(28)27(16-18)17-21-6-4-14-30-21/h2-6,10,14,18,20H,7-9,11-13,15-17H2,1H3. The molecule has 2 aliphatic rings. The lowest BCUT2D eigenvalue weighted by molar-refractivity contribution is -0.137. The first-order valence-corrected chi connectivity index (χ1v) is 10.8. The molecule has 1 unspecified atom stereocenters. The Hall–Kier alpha value is -2.67. The Morgan fingerprint density at radius 2 is 2.07 bits per heavy atom. The highest BCUT2D eigenvalue weighted by Gasteiger charge is 2.38. The number of hydrogen-bond acceptors (Lipinski definition) is 5. The highest BCUT2D eigenvalue weighted by atomic mass is 16.3. The Balaban J connectivity index is 1.23. The number of pyridine rings is 1. The Kier molecular flexibility index (Phi) is 6.47. The van der Waals surface area contributed by atoms with E-state index in [1.807, 2.05) is 42.4 Å². The third kappa shape index (κ3) is 4.90. The number of likely N-dealkylation sites (tertiary alicyclic amines) is 2. The van der Waals surface area contributed by atoms with Gasteiger partial charge in [-0.05, 0) is 37.1 Å². The average Bonchev–Trinajstić information content (AvgIpc) is 3.42. The molecule has 2 amide bonds. The number of carbonyl (C=O) groups excluding carboxylic acids is 2. The number of amides is 2. The normalized spacial score (nSPS) is 20.6. The van der Waals surface area contributed by atoms with Crippen molar-refractivity contribution in [1.29, 1.82) is 0 Å². The van der Waals surface area contributed by atoms with Crippen molar-refractivity contribution in [3.05, 3.63) is 54.2 Å². The molecule has 2 aliphatic heterocycles. The predicted octanol–water partition coefficient (Wildman–Crippen LogP) is 2.19. The van der Waals surface area contributed by atoms with Gasteiger partial charge in [0.1, 0.15) is 5.76 Å². The summed E-state index contributed by atoms with van der Waals surface area (Å²) < 4.78 is 5.34. The summed E-state index contributed by atoms with van der Waals surface area (Å²) in [6.07, 6.45) is 6.64. The maximum absolute atomic E-state index is 13.0. The van der Waals surface area contributed by atoms with Crippen molar-refractivity contribution in [3.63, 3.8) is 0 Å². The van der Waals surface area contributed by atoms with E-state index in [9.17, 15) is 9.59 Å². The maximum Gasteiger partial charge on any atom is 0.227 e. The summed E-state index contributed by atoms with van der Waals surface area (Å²) in [5.74, 6) is 0.627. The predicted molar refractivity (Wildman–Crippen MR) is 112 cm³/mol. The summed E-state index contributed by atoms with van der Waals surface area (Å²) in [4.78, 5) is 35.8. The highest BCUT2D eigenvalue weighted by Crippen LogP contribution is 2.25. The molecule has 2 aromatic rings. The Bertz CT molecular complexity index is 831. The van der Waals surface area contributed by atoms with Gasteiger partial charge >= 0.3 is 0 Å². The SMILES string of the molecule is CN(C(=O)C1CC(=O)N(Cc2ccco2)C1)C1CCN(CCc2ccccn2)CC1. The minimum Gasteiger partial charge on any atom is -0.467 e. The van der Waals surface area contributed by atoms with Crippen LogP contribution in [0.1, 0.15) is 30.7 Å². The van der Waals surface area contributed by atoms with Gasteiger partial charge in [-0.3, -0.25) is 14.6 Å². The van der Waals surface area contributed by atoms with Crippen LogP contribution in [0, 0.1) is 5.92 Å². The Morgan fingerprint density at radius 1 is 1.23 bits per heavy atom. The van der Waals surface area contributed by atoms with Gasteiger partial charge in [-0.1, -0.05) is 6.07 Å². The van der Waals surface area contributed by atoms with Gasteiger partial charge < -0.3 is 19.1 Å². The lowest BCUT2D eigenvalue weighted by Gasteiger charge is -2.37. The monoisotopic (exact) mass is 410 g/mol. The van der Waals surface area contributed by atoms with Crippen LogP contribution in [0.2, 0.25) is 0 Å². The van der Waals surface area contributed by atoms with Gasteiger partial charge in [0.15, 0.2) is 0 Å². The lowest BCUT2D eigenvalue weighted by Crippen LogP contribution is -2.47. The minimum atomic E-state index is -0.250. The van der Waals surface area contributed by atoms with Crippen molar-refractivity contribution < 1.29 is 14.0 Å². The molecule has 2 saturated heterocycles. The van der Waals surface area contributed by atoms with Gasteiger partial charge in [0.25, 0.3) is 0 Å². The van der Waals surface area contributed by atoms with Gasteiger partial charge in [-0.25, -0.2) is 0 Å². The number of hydrogen-bond donors (Lipinski definition) is 0. The Labute approximate surface area is 177 Å². The number of carbonyl (C=O) groups is 2. The van der Waals surface area contributed by atoms with E-state index < -0.39 is 0 Å². The first kappa shape index (κ1) is 20.6. The number of piperidine rings is 1. The number of rotatable bonds is 7. The highest BCUT2D eigenvalue weighted by molar-refractivity contribution is 5.89. The Morgan fingerprint density at radius 3 is 2.77 bits per heavy atom. The van der Waals surface area contributed by atoms with Crippen LogP contribution in [0.25, 0.3) is 0 Å². The molecule has 4 heterocycles. The van der Waals surface area contributed by atoms with Crippen LogP contribution in [-0.2, 0) is 22.6 Å². The second-order valence-electron chi connectivity index (χ2n) is 8.35. The van der Waals surface area contributed by atoms with Crippen LogP contribution in [0.4, 0.5) is 0 Å². The summed E-state index contributed by atoms with van der Waals surface area (Å²) in [5.41, 5.74) is 1.12. The summed E-state index contributed by atoms with van der Waals surface area (Å²) in [7, 11) is 1.90. The van der Waals surface area contributed by atoms with E-state index in [-0.39, 0.29) is 23.8 Å². The molecular weight excluding hydrogens is 380 g/mol. The smallest absolute Gasteiger partial charge is 0.227 e. The van der Waals surface area contributed by atoms with Crippen LogP contribution < -0.4 is 0 Å². The van der Waals surface area contributed by atoms with Gasteiger partial charge in [-0.15, -0.1) is 0 Å². The van der Waals surface area contributed by atoms with Crippen molar-refractivity contribution in [1.82, 2.24) is 19.7 Å². The van der Waals surface area contributed by atoms with Crippen molar-refractivity contribution >= 4 is 11.8 Å². The molecule has 30 heavy (non-hydrogen) atoms. The zero-order valence-corrected chi connectivity index (χ0v) is 17.6. The fourth-order valence-electron chi connectivity index (χ4n) is 4.50. The second-order valence-corrected chi connectivity index (χ2v) is 8.35. The first-order valence-electron chi connectivity index (χ1n) is 10.8. The average molecular weight is 411 g/mol. The fourth-order valence-corrected chi connectivity index (χ4v) is 4.50. The molecule has 2 aromatic heterocycles. The van der Waals surface area contributed by atoms with Gasteiger partial charge in [0, 0.05) is 64.0 Å². The van der Waals surface area contributed by atoms with Crippen molar-refractivity contribution in [2.45, 2.75) is 38.3 Å². The molecule has 4 rings (SSSR count). The van der Waals surface area contributed by atoms with E-state index in [0.29, 0.717) is 19.5 Å². The summed E-state index contributed by atoms with van der Waals surface area (Å²) >= 11 is 0. The molecular formula is C23H30N4O3. The fraction of sp³-hybridized carbons (Fsp3) is 0.522. The summed E-state index contributed by atoms with van der Waals surface area (Å²) in [5, 5.41) is 0.